The number of nitrogens with zero attached hydrogens (tertiary/aromatic N) is 3. The highest BCUT2D eigenvalue weighted by atomic mass is 19.1. The first-order chi connectivity index (χ1) is 14.4. The van der Waals surface area contributed by atoms with Gasteiger partial charge >= 0.3 is 0 Å². The minimum atomic E-state index is -0.508. The second kappa shape index (κ2) is 8.62. The summed E-state index contributed by atoms with van der Waals surface area (Å²) in [5, 5.41) is 2.80. The van der Waals surface area contributed by atoms with Gasteiger partial charge in [-0.3, -0.25) is 14.4 Å². The Morgan fingerprint density at radius 1 is 1.10 bits per heavy atom. The second-order valence-corrected chi connectivity index (χ2v) is 8.57. The Labute approximate surface area is 176 Å². The van der Waals surface area contributed by atoms with Gasteiger partial charge in [-0.25, -0.2) is 4.39 Å². The molecule has 0 aromatic heterocycles. The van der Waals surface area contributed by atoms with Crippen molar-refractivity contribution < 1.29 is 18.8 Å². The molecule has 162 valence electrons. The summed E-state index contributed by atoms with van der Waals surface area (Å²) in [7, 11) is 0. The highest BCUT2D eigenvalue weighted by Gasteiger charge is 2.41. The van der Waals surface area contributed by atoms with Crippen LogP contribution in [0.1, 0.15) is 32.6 Å². The molecular formula is C22H29FN4O3. The van der Waals surface area contributed by atoms with Crippen molar-refractivity contribution in [3.05, 3.63) is 30.1 Å². The van der Waals surface area contributed by atoms with E-state index in [1.54, 1.807) is 17.0 Å². The number of nitrogens with one attached hydrogen (secondary N) is 1. The van der Waals surface area contributed by atoms with Crippen LogP contribution in [-0.2, 0) is 14.4 Å². The molecule has 30 heavy (non-hydrogen) atoms. The topological polar surface area (TPSA) is 73.0 Å². The molecule has 1 N–H and O–H groups in total. The number of likely N-dealkylation sites (tertiary alicyclic amines) is 1. The summed E-state index contributed by atoms with van der Waals surface area (Å²) in [6, 6.07) is 6.07. The summed E-state index contributed by atoms with van der Waals surface area (Å²) in [5.74, 6) is -0.968. The molecule has 3 fully saturated rings. The van der Waals surface area contributed by atoms with Gasteiger partial charge in [0.25, 0.3) is 0 Å². The second-order valence-electron chi connectivity index (χ2n) is 8.57. The first-order valence-electron chi connectivity index (χ1n) is 10.8. The zero-order valence-corrected chi connectivity index (χ0v) is 17.3. The number of anilines is 1. The van der Waals surface area contributed by atoms with Crippen molar-refractivity contribution in [1.29, 1.82) is 0 Å². The van der Waals surface area contributed by atoms with Gasteiger partial charge in [0, 0.05) is 56.8 Å². The van der Waals surface area contributed by atoms with Crippen molar-refractivity contribution in [2.45, 2.75) is 44.7 Å². The van der Waals surface area contributed by atoms with Crippen molar-refractivity contribution >= 4 is 23.4 Å². The van der Waals surface area contributed by atoms with E-state index in [0.29, 0.717) is 32.6 Å². The third-order valence-electron chi connectivity index (χ3n) is 6.59. The Kier molecular flexibility index (Phi) is 5.92. The first-order valence-corrected chi connectivity index (χ1v) is 10.8. The lowest BCUT2D eigenvalue weighted by Gasteiger charge is -2.36. The number of hydrogen-bond donors (Lipinski definition) is 1. The molecule has 0 saturated carbocycles. The van der Waals surface area contributed by atoms with E-state index in [-0.39, 0.29) is 36.0 Å². The largest absolute Gasteiger partial charge is 0.368 e. The molecule has 3 saturated heterocycles. The molecule has 0 unspecified atom stereocenters. The molecule has 0 bridgehead atoms. The summed E-state index contributed by atoms with van der Waals surface area (Å²) in [6.45, 7) is 5.25. The number of piperazine rings is 1. The highest BCUT2D eigenvalue weighted by Crippen LogP contribution is 2.25. The van der Waals surface area contributed by atoms with E-state index in [1.807, 2.05) is 11.8 Å². The van der Waals surface area contributed by atoms with E-state index in [4.69, 9.17) is 0 Å². The van der Waals surface area contributed by atoms with Crippen LogP contribution in [0.4, 0.5) is 10.1 Å². The molecule has 3 aliphatic rings. The maximum Gasteiger partial charge on any atom is 0.245 e. The molecule has 7 nitrogen and oxygen atoms in total. The summed E-state index contributed by atoms with van der Waals surface area (Å²) in [4.78, 5) is 43.6. The first kappa shape index (κ1) is 20.6. The van der Waals surface area contributed by atoms with Crippen LogP contribution < -0.4 is 10.2 Å². The van der Waals surface area contributed by atoms with Crippen molar-refractivity contribution in [3.63, 3.8) is 0 Å². The van der Waals surface area contributed by atoms with Gasteiger partial charge in [0.1, 0.15) is 11.9 Å². The van der Waals surface area contributed by atoms with Crippen LogP contribution in [-0.4, -0.2) is 72.3 Å². The maximum absolute atomic E-state index is 13.1. The molecule has 0 radical (unpaired) electrons. The van der Waals surface area contributed by atoms with Crippen LogP contribution in [0.3, 0.4) is 0 Å². The van der Waals surface area contributed by atoms with Gasteiger partial charge in [0.15, 0.2) is 0 Å². The summed E-state index contributed by atoms with van der Waals surface area (Å²) in [5.41, 5.74) is 0.941. The number of carbonyl (C=O) groups is 3. The van der Waals surface area contributed by atoms with Gasteiger partial charge < -0.3 is 20.0 Å². The fourth-order valence-electron chi connectivity index (χ4n) is 4.75. The SMILES string of the molecule is C[C@@H]1CCCN1C(=O)[C@@H]1C[C@@H](CC(=O)N2CCN(c3ccc(F)cc3)CC2)C(=O)N1. The number of halogens is 1. The molecule has 1 aromatic rings. The molecule has 3 amide bonds. The van der Waals surface area contributed by atoms with Crippen molar-refractivity contribution in [2.24, 2.45) is 5.92 Å². The highest BCUT2D eigenvalue weighted by molar-refractivity contribution is 5.94. The number of hydrogen-bond acceptors (Lipinski definition) is 4. The minimum absolute atomic E-state index is 0.0174. The van der Waals surface area contributed by atoms with Gasteiger partial charge in [-0.15, -0.1) is 0 Å². The Morgan fingerprint density at radius 2 is 1.80 bits per heavy atom. The van der Waals surface area contributed by atoms with Gasteiger partial charge in [-0.2, -0.15) is 0 Å². The van der Waals surface area contributed by atoms with E-state index < -0.39 is 12.0 Å². The van der Waals surface area contributed by atoms with Gasteiger partial charge in [-0.1, -0.05) is 0 Å². The average molecular weight is 416 g/mol. The number of benzene rings is 1. The van der Waals surface area contributed by atoms with Crippen LogP contribution in [0.2, 0.25) is 0 Å². The monoisotopic (exact) mass is 416 g/mol. The maximum atomic E-state index is 13.1. The van der Waals surface area contributed by atoms with Crippen molar-refractivity contribution in [2.75, 3.05) is 37.6 Å². The fraction of sp³-hybridized carbons (Fsp3) is 0.591. The number of carbonyl (C=O) groups excluding carboxylic acids is 3. The summed E-state index contributed by atoms with van der Waals surface area (Å²) < 4.78 is 13.1. The minimum Gasteiger partial charge on any atom is -0.368 e. The predicted octanol–water partition coefficient (Wildman–Crippen LogP) is 1.38. The van der Waals surface area contributed by atoms with E-state index in [2.05, 4.69) is 10.2 Å². The van der Waals surface area contributed by atoms with E-state index in [0.717, 1.165) is 25.1 Å². The van der Waals surface area contributed by atoms with Crippen LogP contribution in [0, 0.1) is 11.7 Å². The Bertz CT molecular complexity index is 807. The Morgan fingerprint density at radius 3 is 2.43 bits per heavy atom. The quantitative estimate of drug-likeness (QED) is 0.805. The number of amides is 3. The standard InChI is InChI=1S/C22H29FN4O3/c1-15-3-2-8-27(15)22(30)19-13-16(21(29)24-19)14-20(28)26-11-9-25(10-12-26)18-6-4-17(23)5-7-18/h4-7,15-16,19H,2-3,8-14H2,1H3,(H,24,29)/t15-,16+,19+/m1/s1. The summed E-state index contributed by atoms with van der Waals surface area (Å²) >= 11 is 0. The third-order valence-corrected chi connectivity index (χ3v) is 6.59. The van der Waals surface area contributed by atoms with Gasteiger partial charge in [0.2, 0.25) is 17.7 Å². The number of rotatable bonds is 4. The van der Waals surface area contributed by atoms with Crippen molar-refractivity contribution in [3.8, 4) is 0 Å². The lowest BCUT2D eigenvalue weighted by atomic mass is 9.99. The smallest absolute Gasteiger partial charge is 0.245 e. The molecule has 3 atom stereocenters. The molecule has 8 heteroatoms. The molecule has 4 rings (SSSR count). The van der Waals surface area contributed by atoms with E-state index in [1.165, 1.54) is 12.1 Å². The van der Waals surface area contributed by atoms with Crippen LogP contribution in [0.25, 0.3) is 0 Å². The average Bonchev–Trinajstić information content (AvgIpc) is 3.34. The zero-order chi connectivity index (χ0) is 21.3. The van der Waals surface area contributed by atoms with Crippen LogP contribution >= 0.6 is 0 Å². The van der Waals surface area contributed by atoms with Crippen LogP contribution in [0.5, 0.6) is 0 Å². The molecular weight excluding hydrogens is 387 g/mol. The van der Waals surface area contributed by atoms with E-state index in [9.17, 15) is 18.8 Å². The fourth-order valence-corrected chi connectivity index (χ4v) is 4.75. The predicted molar refractivity (Wildman–Crippen MR) is 110 cm³/mol. The zero-order valence-electron chi connectivity index (χ0n) is 17.3. The van der Waals surface area contributed by atoms with E-state index >= 15 is 0 Å². The van der Waals surface area contributed by atoms with Gasteiger partial charge in [0.05, 0.1) is 0 Å². The Balaban J connectivity index is 1.27. The molecule has 1 aromatic carbocycles. The van der Waals surface area contributed by atoms with Gasteiger partial charge in [-0.05, 0) is 50.5 Å². The normalized spacial score (nSPS) is 26.8. The molecule has 0 aliphatic carbocycles. The Hall–Kier alpha value is -2.64. The molecule has 0 spiro atoms. The van der Waals surface area contributed by atoms with Crippen molar-refractivity contribution in [1.82, 2.24) is 15.1 Å². The molecule has 3 aliphatic heterocycles. The van der Waals surface area contributed by atoms with Crippen LogP contribution in [0.15, 0.2) is 24.3 Å². The lowest BCUT2D eigenvalue weighted by molar-refractivity contribution is -0.135. The third kappa shape index (κ3) is 4.27. The summed E-state index contributed by atoms with van der Waals surface area (Å²) in [6.07, 6.45) is 2.53. The molecule has 3 heterocycles. The lowest BCUT2D eigenvalue weighted by Crippen LogP contribution is -2.49.